The molecule has 4 rings (SSSR count). The molecule has 0 spiro atoms. The SMILES string of the molecule is COc1ccc(/C(=C2\C(=O)Nc3ccc(NC(N)=O)cc32)c2ccc[nH]2)cn1. The van der Waals surface area contributed by atoms with E-state index in [4.69, 9.17) is 10.5 Å². The van der Waals surface area contributed by atoms with E-state index in [9.17, 15) is 9.59 Å². The Morgan fingerprint density at radius 1 is 1.21 bits per heavy atom. The Hall–Kier alpha value is -4.07. The van der Waals surface area contributed by atoms with Crippen LogP contribution in [0.5, 0.6) is 5.88 Å². The molecule has 28 heavy (non-hydrogen) atoms. The Balaban J connectivity index is 1.94. The van der Waals surface area contributed by atoms with Crippen LogP contribution in [0, 0.1) is 0 Å². The lowest BCUT2D eigenvalue weighted by Gasteiger charge is -2.11. The van der Waals surface area contributed by atoms with Gasteiger partial charge in [-0.1, -0.05) is 0 Å². The summed E-state index contributed by atoms with van der Waals surface area (Å²) in [5.74, 6) is 0.232. The van der Waals surface area contributed by atoms with E-state index in [1.54, 1.807) is 43.8 Å². The van der Waals surface area contributed by atoms with Crippen LogP contribution in [-0.4, -0.2) is 29.0 Å². The molecular formula is C20H17N5O3. The predicted octanol–water partition coefficient (Wildman–Crippen LogP) is 2.82. The molecule has 0 saturated carbocycles. The fourth-order valence-electron chi connectivity index (χ4n) is 3.20. The number of hydrogen-bond donors (Lipinski definition) is 4. The van der Waals surface area contributed by atoms with Gasteiger partial charge in [-0.3, -0.25) is 4.79 Å². The highest BCUT2D eigenvalue weighted by atomic mass is 16.5. The van der Waals surface area contributed by atoms with E-state index in [1.165, 1.54) is 0 Å². The number of pyridine rings is 1. The fourth-order valence-corrected chi connectivity index (χ4v) is 3.20. The number of carbonyl (C=O) groups is 2. The first kappa shape index (κ1) is 17.3. The van der Waals surface area contributed by atoms with E-state index >= 15 is 0 Å². The summed E-state index contributed by atoms with van der Waals surface area (Å²) in [5.41, 5.74) is 9.70. The van der Waals surface area contributed by atoms with Crippen LogP contribution in [0.25, 0.3) is 11.1 Å². The summed E-state index contributed by atoms with van der Waals surface area (Å²) in [6.45, 7) is 0. The molecule has 1 aromatic carbocycles. The van der Waals surface area contributed by atoms with E-state index < -0.39 is 6.03 Å². The topological polar surface area (TPSA) is 122 Å². The number of H-pyrrole nitrogens is 1. The predicted molar refractivity (Wildman–Crippen MR) is 106 cm³/mol. The third-order valence-electron chi connectivity index (χ3n) is 4.38. The summed E-state index contributed by atoms with van der Waals surface area (Å²) in [5, 5.41) is 5.40. The van der Waals surface area contributed by atoms with Gasteiger partial charge in [-0.05, 0) is 36.4 Å². The number of carbonyl (C=O) groups excluding carboxylic acids is 2. The molecule has 3 aromatic rings. The first-order valence-electron chi connectivity index (χ1n) is 8.47. The smallest absolute Gasteiger partial charge is 0.316 e. The quantitative estimate of drug-likeness (QED) is 0.524. The molecule has 1 aliphatic heterocycles. The van der Waals surface area contributed by atoms with Gasteiger partial charge in [-0.2, -0.15) is 0 Å². The number of primary amides is 1. The molecule has 0 bridgehead atoms. The van der Waals surface area contributed by atoms with Gasteiger partial charge >= 0.3 is 6.03 Å². The molecular weight excluding hydrogens is 358 g/mol. The number of anilines is 2. The first-order chi connectivity index (χ1) is 13.6. The van der Waals surface area contributed by atoms with Crippen LogP contribution in [0.15, 0.2) is 54.9 Å². The number of ether oxygens (including phenoxy) is 1. The van der Waals surface area contributed by atoms with Crippen LogP contribution in [0.3, 0.4) is 0 Å². The maximum absolute atomic E-state index is 12.9. The van der Waals surface area contributed by atoms with Crippen LogP contribution >= 0.6 is 0 Å². The Kier molecular flexibility index (Phi) is 4.29. The zero-order chi connectivity index (χ0) is 19.7. The lowest BCUT2D eigenvalue weighted by atomic mass is 9.94. The molecule has 8 heteroatoms. The monoisotopic (exact) mass is 375 g/mol. The summed E-state index contributed by atoms with van der Waals surface area (Å²) in [7, 11) is 1.54. The number of benzene rings is 1. The fraction of sp³-hybridized carbons (Fsp3) is 0.0500. The molecule has 0 atom stereocenters. The minimum atomic E-state index is -0.674. The maximum Gasteiger partial charge on any atom is 0.316 e. The van der Waals surface area contributed by atoms with Crippen LogP contribution < -0.4 is 21.1 Å². The highest BCUT2D eigenvalue weighted by Crippen LogP contribution is 2.40. The van der Waals surface area contributed by atoms with Crippen LogP contribution in [0.4, 0.5) is 16.2 Å². The number of rotatable bonds is 4. The van der Waals surface area contributed by atoms with Gasteiger partial charge in [0, 0.05) is 52.2 Å². The lowest BCUT2D eigenvalue weighted by Crippen LogP contribution is -2.19. The third kappa shape index (κ3) is 3.07. The average Bonchev–Trinajstić information content (AvgIpc) is 3.31. The third-order valence-corrected chi connectivity index (χ3v) is 4.38. The van der Waals surface area contributed by atoms with Crippen molar-refractivity contribution in [3.8, 4) is 5.88 Å². The van der Waals surface area contributed by atoms with Crippen molar-refractivity contribution < 1.29 is 14.3 Å². The van der Waals surface area contributed by atoms with E-state index in [0.29, 0.717) is 34.0 Å². The van der Waals surface area contributed by atoms with E-state index in [2.05, 4.69) is 20.6 Å². The minimum Gasteiger partial charge on any atom is -0.481 e. The Bertz CT molecular complexity index is 1090. The van der Waals surface area contributed by atoms with Gasteiger partial charge in [0.05, 0.1) is 12.7 Å². The zero-order valence-corrected chi connectivity index (χ0v) is 14.9. The number of nitrogens with zero attached hydrogens (tertiary/aromatic N) is 1. The normalized spacial score (nSPS) is 14.2. The van der Waals surface area contributed by atoms with Crippen LogP contribution in [0.2, 0.25) is 0 Å². The van der Waals surface area contributed by atoms with Crippen LogP contribution in [0.1, 0.15) is 16.8 Å². The second-order valence-corrected chi connectivity index (χ2v) is 6.13. The number of amides is 3. The maximum atomic E-state index is 12.9. The van der Waals surface area contributed by atoms with Gasteiger partial charge in [0.25, 0.3) is 5.91 Å². The average molecular weight is 375 g/mol. The molecule has 0 radical (unpaired) electrons. The molecule has 0 aliphatic carbocycles. The zero-order valence-electron chi connectivity index (χ0n) is 14.9. The van der Waals surface area contributed by atoms with Gasteiger partial charge in [-0.15, -0.1) is 0 Å². The standard InChI is InChI=1S/C20H17N5O3/c1-28-16-7-4-11(10-23-16)17(15-3-2-8-22-15)18-13-9-12(24-20(21)27)5-6-14(13)25-19(18)26/h2-10,22H,1H3,(H,25,26)(H3,21,24,27)/b18-17+. The lowest BCUT2D eigenvalue weighted by molar-refractivity contribution is -0.110. The molecule has 3 amide bonds. The van der Waals surface area contributed by atoms with E-state index in [-0.39, 0.29) is 5.91 Å². The van der Waals surface area contributed by atoms with Crippen molar-refractivity contribution >= 4 is 34.5 Å². The van der Waals surface area contributed by atoms with Gasteiger partial charge in [0.2, 0.25) is 5.88 Å². The van der Waals surface area contributed by atoms with Gasteiger partial charge < -0.3 is 26.1 Å². The number of methoxy groups -OCH3 is 1. The molecule has 140 valence electrons. The largest absolute Gasteiger partial charge is 0.481 e. The summed E-state index contributed by atoms with van der Waals surface area (Å²) < 4.78 is 5.13. The van der Waals surface area contributed by atoms with E-state index in [0.717, 1.165) is 11.3 Å². The number of urea groups is 1. The summed E-state index contributed by atoms with van der Waals surface area (Å²) in [4.78, 5) is 31.5. The van der Waals surface area contributed by atoms with Crippen molar-refractivity contribution in [3.05, 3.63) is 71.7 Å². The van der Waals surface area contributed by atoms with Crippen molar-refractivity contribution in [2.45, 2.75) is 0 Å². The number of nitrogens with two attached hydrogens (primary N) is 1. The number of nitrogens with one attached hydrogen (secondary N) is 3. The van der Waals surface area contributed by atoms with Crippen molar-refractivity contribution in [3.63, 3.8) is 0 Å². The molecule has 8 nitrogen and oxygen atoms in total. The molecule has 0 fully saturated rings. The molecule has 5 N–H and O–H groups in total. The number of hydrogen-bond acceptors (Lipinski definition) is 4. The molecule has 3 heterocycles. The molecule has 1 aliphatic rings. The number of fused-ring (bicyclic) bond motifs is 1. The molecule has 0 saturated heterocycles. The van der Waals surface area contributed by atoms with E-state index in [1.807, 2.05) is 18.2 Å². The summed E-state index contributed by atoms with van der Waals surface area (Å²) in [6, 6.07) is 11.7. The van der Waals surface area contributed by atoms with Crippen molar-refractivity contribution in [1.29, 1.82) is 0 Å². The Morgan fingerprint density at radius 3 is 2.71 bits per heavy atom. The molecule has 2 aromatic heterocycles. The van der Waals surface area contributed by atoms with Gasteiger partial charge in [0.1, 0.15) is 0 Å². The second-order valence-electron chi connectivity index (χ2n) is 6.13. The summed E-state index contributed by atoms with van der Waals surface area (Å²) in [6.07, 6.45) is 3.43. The van der Waals surface area contributed by atoms with Crippen molar-refractivity contribution in [1.82, 2.24) is 9.97 Å². The highest BCUT2D eigenvalue weighted by molar-refractivity contribution is 6.38. The minimum absolute atomic E-state index is 0.244. The molecule has 0 unspecified atom stereocenters. The van der Waals surface area contributed by atoms with Crippen molar-refractivity contribution in [2.75, 3.05) is 17.7 Å². The first-order valence-corrected chi connectivity index (χ1v) is 8.47. The Morgan fingerprint density at radius 2 is 2.07 bits per heavy atom. The van der Waals surface area contributed by atoms with Gasteiger partial charge in [0.15, 0.2) is 0 Å². The number of aromatic nitrogens is 2. The van der Waals surface area contributed by atoms with Crippen molar-refractivity contribution in [2.24, 2.45) is 5.73 Å². The van der Waals surface area contributed by atoms with Gasteiger partial charge in [-0.25, -0.2) is 9.78 Å². The Labute approximate surface area is 160 Å². The number of aromatic amines is 1. The second kappa shape index (κ2) is 6.92. The summed E-state index contributed by atoms with van der Waals surface area (Å²) >= 11 is 0. The van der Waals surface area contributed by atoms with Crippen LogP contribution in [-0.2, 0) is 4.79 Å². The highest BCUT2D eigenvalue weighted by Gasteiger charge is 2.29.